The van der Waals surface area contributed by atoms with Crippen LogP contribution in [0.4, 0.5) is 5.69 Å². The minimum Gasteiger partial charge on any atom is -0.482 e. The molecule has 0 aromatic heterocycles. The van der Waals surface area contributed by atoms with E-state index in [1.165, 1.54) is 0 Å². The monoisotopic (exact) mass is 405 g/mol. The van der Waals surface area contributed by atoms with Gasteiger partial charge in [0.15, 0.2) is 6.61 Å². The van der Waals surface area contributed by atoms with Crippen molar-refractivity contribution in [2.24, 2.45) is 0 Å². The van der Waals surface area contributed by atoms with Crippen molar-refractivity contribution in [3.8, 4) is 5.75 Å². The fourth-order valence-electron chi connectivity index (χ4n) is 2.47. The molecule has 2 amide bonds. The molecule has 1 saturated heterocycles. The highest BCUT2D eigenvalue weighted by molar-refractivity contribution is 6.32. The van der Waals surface area contributed by atoms with Crippen molar-refractivity contribution in [1.29, 1.82) is 0 Å². The first-order chi connectivity index (χ1) is 12.0. The van der Waals surface area contributed by atoms with Gasteiger partial charge in [-0.05, 0) is 32.0 Å². The molecule has 26 heavy (non-hydrogen) atoms. The van der Waals surface area contributed by atoms with Crippen LogP contribution in [0.5, 0.6) is 5.75 Å². The van der Waals surface area contributed by atoms with E-state index in [-0.39, 0.29) is 36.9 Å². The Labute approximate surface area is 164 Å². The molecular formula is C17H25Cl2N3O4. The van der Waals surface area contributed by atoms with E-state index in [2.05, 4.69) is 10.6 Å². The van der Waals surface area contributed by atoms with Crippen LogP contribution in [-0.4, -0.2) is 62.2 Å². The second kappa shape index (κ2) is 11.2. The average molecular weight is 406 g/mol. The number of anilines is 1. The van der Waals surface area contributed by atoms with Gasteiger partial charge in [0.1, 0.15) is 11.8 Å². The van der Waals surface area contributed by atoms with Crippen LogP contribution in [-0.2, 0) is 14.3 Å². The average Bonchev–Trinajstić information content (AvgIpc) is 2.62. The fourth-order valence-corrected chi connectivity index (χ4v) is 2.70. The number of halogens is 2. The van der Waals surface area contributed by atoms with Crippen molar-refractivity contribution in [2.75, 3.05) is 44.8 Å². The number of benzene rings is 1. The summed E-state index contributed by atoms with van der Waals surface area (Å²) in [5.74, 6) is 0.127. The van der Waals surface area contributed by atoms with Gasteiger partial charge in [0.2, 0.25) is 5.91 Å². The highest BCUT2D eigenvalue weighted by atomic mass is 35.5. The third kappa shape index (κ3) is 6.32. The number of rotatable bonds is 7. The van der Waals surface area contributed by atoms with Gasteiger partial charge in [-0.3, -0.25) is 9.59 Å². The lowest BCUT2D eigenvalue weighted by Gasteiger charge is -2.23. The van der Waals surface area contributed by atoms with Gasteiger partial charge in [0, 0.05) is 25.3 Å². The summed E-state index contributed by atoms with van der Waals surface area (Å²) in [6, 6.07) is 4.54. The van der Waals surface area contributed by atoms with Crippen LogP contribution in [0.1, 0.15) is 13.8 Å². The van der Waals surface area contributed by atoms with Gasteiger partial charge in [-0.2, -0.15) is 0 Å². The third-order valence-corrected chi connectivity index (χ3v) is 4.20. The number of carbonyl (C=O) groups excluding carboxylic acids is 2. The van der Waals surface area contributed by atoms with E-state index in [0.29, 0.717) is 49.3 Å². The second-order valence-electron chi connectivity index (χ2n) is 5.57. The second-order valence-corrected chi connectivity index (χ2v) is 5.98. The number of carbonyl (C=O) groups is 2. The molecule has 7 nitrogen and oxygen atoms in total. The fraction of sp³-hybridized carbons (Fsp3) is 0.529. The molecule has 1 atom stereocenters. The Hall–Kier alpha value is -1.54. The topological polar surface area (TPSA) is 79.9 Å². The molecule has 1 aliphatic rings. The van der Waals surface area contributed by atoms with Crippen molar-refractivity contribution in [2.45, 2.75) is 19.9 Å². The zero-order valence-corrected chi connectivity index (χ0v) is 16.5. The largest absolute Gasteiger partial charge is 0.482 e. The highest BCUT2D eigenvalue weighted by Gasteiger charge is 2.21. The molecule has 1 unspecified atom stereocenters. The van der Waals surface area contributed by atoms with Crippen molar-refractivity contribution in [3.05, 3.63) is 23.2 Å². The molecule has 0 spiro atoms. The van der Waals surface area contributed by atoms with Crippen molar-refractivity contribution in [3.63, 3.8) is 0 Å². The van der Waals surface area contributed by atoms with E-state index in [0.717, 1.165) is 0 Å². The van der Waals surface area contributed by atoms with E-state index < -0.39 is 0 Å². The number of nitrogens with zero attached hydrogens (tertiary/aromatic N) is 1. The van der Waals surface area contributed by atoms with Gasteiger partial charge in [-0.25, -0.2) is 0 Å². The Kier molecular flexibility index (Phi) is 9.72. The van der Waals surface area contributed by atoms with Crippen LogP contribution in [0.15, 0.2) is 18.2 Å². The summed E-state index contributed by atoms with van der Waals surface area (Å²) in [4.78, 5) is 25.8. The lowest BCUT2D eigenvalue weighted by molar-refractivity contribution is -0.133. The first-order valence-electron chi connectivity index (χ1n) is 8.37. The molecule has 146 valence electrons. The van der Waals surface area contributed by atoms with Gasteiger partial charge in [0.25, 0.3) is 5.91 Å². The Balaban J connectivity index is 0.00000338. The molecule has 2 rings (SSSR count). The van der Waals surface area contributed by atoms with Crippen LogP contribution < -0.4 is 15.4 Å². The van der Waals surface area contributed by atoms with Crippen LogP contribution in [0, 0.1) is 0 Å². The Bertz CT molecular complexity index is 606. The predicted octanol–water partition coefficient (Wildman–Crippen LogP) is 1.94. The molecule has 0 radical (unpaired) electrons. The summed E-state index contributed by atoms with van der Waals surface area (Å²) >= 11 is 6.19. The number of amides is 2. The van der Waals surface area contributed by atoms with E-state index in [9.17, 15) is 9.59 Å². The minimum atomic E-state index is -0.379. The lowest BCUT2D eigenvalue weighted by Crippen LogP contribution is -2.48. The van der Waals surface area contributed by atoms with Crippen molar-refractivity contribution < 1.29 is 19.1 Å². The number of hydrogen-bond acceptors (Lipinski definition) is 5. The van der Waals surface area contributed by atoms with Gasteiger partial charge < -0.3 is 25.0 Å². The molecular weight excluding hydrogens is 381 g/mol. The molecule has 0 bridgehead atoms. The summed E-state index contributed by atoms with van der Waals surface area (Å²) < 4.78 is 10.8. The Morgan fingerprint density at radius 2 is 2.12 bits per heavy atom. The maximum atomic E-state index is 12.1. The molecule has 2 N–H and O–H groups in total. The van der Waals surface area contributed by atoms with Crippen molar-refractivity contribution >= 4 is 41.5 Å². The van der Waals surface area contributed by atoms with E-state index in [4.69, 9.17) is 21.1 Å². The van der Waals surface area contributed by atoms with Gasteiger partial charge in [0.05, 0.1) is 18.2 Å². The minimum absolute atomic E-state index is 0. The summed E-state index contributed by atoms with van der Waals surface area (Å²) in [7, 11) is 0. The molecule has 1 aromatic carbocycles. The molecule has 1 aliphatic heterocycles. The zero-order valence-electron chi connectivity index (χ0n) is 14.9. The van der Waals surface area contributed by atoms with E-state index >= 15 is 0 Å². The van der Waals surface area contributed by atoms with Gasteiger partial charge in [-0.1, -0.05) is 11.6 Å². The third-order valence-electron chi connectivity index (χ3n) is 3.90. The van der Waals surface area contributed by atoms with Crippen LogP contribution >= 0.6 is 24.0 Å². The van der Waals surface area contributed by atoms with Crippen LogP contribution in [0.25, 0.3) is 0 Å². The molecule has 0 aliphatic carbocycles. The number of morpholine rings is 1. The Morgan fingerprint density at radius 3 is 2.69 bits per heavy atom. The number of hydrogen-bond donors (Lipinski definition) is 2. The lowest BCUT2D eigenvalue weighted by atomic mass is 10.2. The van der Waals surface area contributed by atoms with Crippen LogP contribution in [0.2, 0.25) is 5.02 Å². The van der Waals surface area contributed by atoms with Gasteiger partial charge >= 0.3 is 0 Å². The standard InChI is InChI=1S/C17H24ClN3O4.ClH/c1-3-21(4-2)16(22)11-25-15-6-5-12(9-13(15)18)20-17(23)14-10-24-8-7-19-14;/h5-6,9,14,19H,3-4,7-8,10-11H2,1-2H3,(H,20,23);1H. The number of likely N-dealkylation sites (N-methyl/N-ethyl adjacent to an activating group) is 1. The molecule has 1 aromatic rings. The smallest absolute Gasteiger partial charge is 0.260 e. The summed E-state index contributed by atoms with van der Waals surface area (Å²) in [6.07, 6.45) is 0. The molecule has 1 heterocycles. The molecule has 9 heteroatoms. The van der Waals surface area contributed by atoms with E-state index in [1.54, 1.807) is 23.1 Å². The maximum absolute atomic E-state index is 12.1. The quantitative estimate of drug-likeness (QED) is 0.724. The summed E-state index contributed by atoms with van der Waals surface area (Å²) in [5.41, 5.74) is 0.560. The maximum Gasteiger partial charge on any atom is 0.260 e. The summed E-state index contributed by atoms with van der Waals surface area (Å²) in [5, 5.41) is 6.20. The molecule has 1 fully saturated rings. The Morgan fingerprint density at radius 1 is 1.38 bits per heavy atom. The first kappa shape index (κ1) is 22.5. The number of nitrogens with one attached hydrogen (secondary N) is 2. The van der Waals surface area contributed by atoms with Crippen LogP contribution in [0.3, 0.4) is 0 Å². The molecule has 0 saturated carbocycles. The van der Waals surface area contributed by atoms with Gasteiger partial charge in [-0.15, -0.1) is 12.4 Å². The highest BCUT2D eigenvalue weighted by Crippen LogP contribution is 2.27. The SMILES string of the molecule is CCN(CC)C(=O)COc1ccc(NC(=O)C2COCCN2)cc1Cl.Cl. The summed E-state index contributed by atoms with van der Waals surface area (Å²) in [6.45, 7) is 6.62. The zero-order chi connectivity index (χ0) is 18.2. The number of ether oxygens (including phenoxy) is 2. The predicted molar refractivity (Wildman–Crippen MR) is 103 cm³/mol. The first-order valence-corrected chi connectivity index (χ1v) is 8.75. The van der Waals surface area contributed by atoms with E-state index in [1.807, 2.05) is 13.8 Å². The normalized spacial score (nSPS) is 16.3. The van der Waals surface area contributed by atoms with Crippen molar-refractivity contribution in [1.82, 2.24) is 10.2 Å².